The first kappa shape index (κ1) is 14.8. The molecule has 2 heterocycles. The van der Waals surface area contributed by atoms with Crippen LogP contribution >= 0.6 is 0 Å². The molecule has 1 aromatic carbocycles. The average Bonchev–Trinajstić information content (AvgIpc) is 2.76. The van der Waals surface area contributed by atoms with Gasteiger partial charge in [0, 0.05) is 17.8 Å². The summed E-state index contributed by atoms with van der Waals surface area (Å²) in [7, 11) is 0. The Kier molecular flexibility index (Phi) is 3.51. The molecule has 22 heavy (non-hydrogen) atoms. The van der Waals surface area contributed by atoms with Crippen molar-refractivity contribution >= 4 is 11.2 Å². The molecule has 113 valence electrons. The average molecular weight is 292 g/mol. The fourth-order valence-electron chi connectivity index (χ4n) is 2.79. The lowest BCUT2D eigenvalue weighted by Crippen LogP contribution is -2.14. The molecule has 0 bridgehead atoms. The Balaban J connectivity index is 2.32. The van der Waals surface area contributed by atoms with Gasteiger partial charge in [-0.15, -0.1) is 0 Å². The van der Waals surface area contributed by atoms with Crippen molar-refractivity contribution in [1.29, 1.82) is 0 Å². The third kappa shape index (κ3) is 2.76. The predicted octanol–water partition coefficient (Wildman–Crippen LogP) is 4.43. The molecule has 0 amide bonds. The van der Waals surface area contributed by atoms with Gasteiger partial charge in [-0.1, -0.05) is 32.9 Å². The van der Waals surface area contributed by atoms with Crippen LogP contribution in [0.4, 0.5) is 0 Å². The molecule has 3 nitrogen and oxygen atoms in total. The molecule has 3 rings (SSSR count). The molecule has 1 radical (unpaired) electrons. The lowest BCUT2D eigenvalue weighted by atomic mass is 9.92. The number of fused-ring (bicyclic) bond motifs is 1. The lowest BCUT2D eigenvalue weighted by molar-refractivity contribution is 0.399. The molecule has 2 aromatic heterocycles. The normalized spacial score (nSPS) is 12.0. The van der Waals surface area contributed by atoms with Crippen molar-refractivity contribution in [3.8, 4) is 5.69 Å². The van der Waals surface area contributed by atoms with E-state index in [4.69, 9.17) is 9.97 Å². The molecule has 3 aromatic rings. The fourth-order valence-corrected chi connectivity index (χ4v) is 2.79. The van der Waals surface area contributed by atoms with Gasteiger partial charge in [0.15, 0.2) is 5.65 Å². The van der Waals surface area contributed by atoms with Gasteiger partial charge in [0.05, 0.1) is 0 Å². The monoisotopic (exact) mass is 292 g/mol. The number of aryl methyl sites for hydroxylation is 2. The van der Waals surface area contributed by atoms with Gasteiger partial charge in [-0.05, 0) is 49.1 Å². The number of nitrogens with zero attached hydrogens (tertiary/aromatic N) is 3. The van der Waals surface area contributed by atoms with Crippen LogP contribution in [-0.2, 0) is 6.42 Å². The summed E-state index contributed by atoms with van der Waals surface area (Å²) in [4.78, 5) is 9.65. The summed E-state index contributed by atoms with van der Waals surface area (Å²) in [5.74, 6) is 1.06. The summed E-state index contributed by atoms with van der Waals surface area (Å²) in [5, 5.41) is 0. The Morgan fingerprint density at radius 1 is 1.18 bits per heavy atom. The minimum absolute atomic E-state index is 0.167. The van der Waals surface area contributed by atoms with Crippen molar-refractivity contribution in [2.24, 2.45) is 5.41 Å². The molecule has 0 saturated carbocycles. The maximum Gasteiger partial charge on any atom is 0.165 e. The zero-order chi connectivity index (χ0) is 15.9. The first-order chi connectivity index (χ1) is 10.3. The van der Waals surface area contributed by atoms with Crippen molar-refractivity contribution in [1.82, 2.24) is 14.5 Å². The molecule has 0 aliphatic heterocycles. The van der Waals surface area contributed by atoms with Gasteiger partial charge in [-0.3, -0.25) is 4.57 Å². The molecule has 0 atom stereocenters. The maximum absolute atomic E-state index is 4.90. The van der Waals surface area contributed by atoms with Crippen LogP contribution in [0.25, 0.3) is 16.9 Å². The molecular weight excluding hydrogens is 270 g/mol. The van der Waals surface area contributed by atoms with Gasteiger partial charge in [0.2, 0.25) is 0 Å². The highest BCUT2D eigenvalue weighted by atomic mass is 15.1. The summed E-state index contributed by atoms with van der Waals surface area (Å²) >= 11 is 0. The van der Waals surface area contributed by atoms with E-state index in [1.165, 1.54) is 5.56 Å². The second kappa shape index (κ2) is 5.24. The van der Waals surface area contributed by atoms with Crippen molar-refractivity contribution in [3.63, 3.8) is 0 Å². The standard InChI is InChI=1S/C19H22N3/c1-13-11-14(2)20-18-17(13)21-16(12-19(3,4)5)22(18)15-9-7-6-8-10-15/h6-7,9-11H,12H2,1-5H3. The Bertz CT molecular complexity index is 808. The molecule has 0 saturated heterocycles. The number of rotatable bonds is 2. The number of hydrogen-bond acceptors (Lipinski definition) is 2. The largest absolute Gasteiger partial charge is 0.281 e. The summed E-state index contributed by atoms with van der Waals surface area (Å²) in [5.41, 5.74) is 5.37. The third-order valence-electron chi connectivity index (χ3n) is 3.64. The van der Waals surface area contributed by atoms with Gasteiger partial charge in [0.25, 0.3) is 0 Å². The fraction of sp³-hybridized carbons (Fsp3) is 0.368. The first-order valence-electron chi connectivity index (χ1n) is 7.67. The lowest BCUT2D eigenvalue weighted by Gasteiger charge is -2.18. The quantitative estimate of drug-likeness (QED) is 0.699. The van der Waals surface area contributed by atoms with Crippen LogP contribution in [0.1, 0.15) is 37.9 Å². The topological polar surface area (TPSA) is 30.7 Å². The summed E-state index contributed by atoms with van der Waals surface area (Å²) < 4.78 is 2.18. The van der Waals surface area contributed by atoms with E-state index in [1.54, 1.807) is 0 Å². The van der Waals surface area contributed by atoms with Crippen molar-refractivity contribution in [2.45, 2.75) is 41.0 Å². The predicted molar refractivity (Wildman–Crippen MR) is 90.3 cm³/mol. The molecule has 0 unspecified atom stereocenters. The molecule has 3 heteroatoms. The van der Waals surface area contributed by atoms with Gasteiger partial charge in [-0.25, -0.2) is 9.97 Å². The van der Waals surface area contributed by atoms with E-state index in [9.17, 15) is 0 Å². The van der Waals surface area contributed by atoms with Gasteiger partial charge < -0.3 is 0 Å². The molecule has 0 spiro atoms. The second-order valence-electron chi connectivity index (χ2n) is 7.12. The Labute approximate surface area is 132 Å². The minimum Gasteiger partial charge on any atom is -0.281 e. The zero-order valence-corrected chi connectivity index (χ0v) is 13.9. The molecule has 0 aliphatic carbocycles. The number of imidazole rings is 1. The van der Waals surface area contributed by atoms with E-state index in [0.29, 0.717) is 0 Å². The van der Waals surface area contributed by atoms with Gasteiger partial charge >= 0.3 is 0 Å². The van der Waals surface area contributed by atoms with Crippen molar-refractivity contribution in [3.05, 3.63) is 53.5 Å². The van der Waals surface area contributed by atoms with Crippen molar-refractivity contribution in [2.75, 3.05) is 0 Å². The van der Waals surface area contributed by atoms with E-state index in [0.717, 1.165) is 34.8 Å². The van der Waals surface area contributed by atoms with Gasteiger partial charge in [-0.2, -0.15) is 0 Å². The minimum atomic E-state index is 0.167. The molecule has 0 fully saturated rings. The zero-order valence-electron chi connectivity index (χ0n) is 13.9. The second-order valence-corrected chi connectivity index (χ2v) is 7.12. The van der Waals surface area contributed by atoms with Crippen LogP contribution in [0.2, 0.25) is 0 Å². The Morgan fingerprint density at radius 2 is 1.95 bits per heavy atom. The highest BCUT2D eigenvalue weighted by Gasteiger charge is 2.20. The SMILES string of the molecule is Cc1cc(C)c2nc(CC(C)(C)C)n(-c3c[c]ccc3)c2n1. The van der Waals surface area contributed by atoms with Crippen LogP contribution in [-0.4, -0.2) is 14.5 Å². The summed E-state index contributed by atoms with van der Waals surface area (Å²) in [6.45, 7) is 10.8. The third-order valence-corrected chi connectivity index (χ3v) is 3.64. The maximum atomic E-state index is 4.90. The number of pyridine rings is 1. The molecule has 0 N–H and O–H groups in total. The van der Waals surface area contributed by atoms with E-state index in [2.05, 4.69) is 50.5 Å². The Morgan fingerprint density at radius 3 is 2.59 bits per heavy atom. The van der Waals surface area contributed by atoms with E-state index in [-0.39, 0.29) is 5.41 Å². The Hall–Kier alpha value is -2.16. The molecular formula is C19H22N3. The van der Waals surface area contributed by atoms with E-state index >= 15 is 0 Å². The van der Waals surface area contributed by atoms with E-state index in [1.807, 2.05) is 25.1 Å². The van der Waals surface area contributed by atoms with E-state index < -0.39 is 0 Å². The van der Waals surface area contributed by atoms with Gasteiger partial charge in [0.1, 0.15) is 11.3 Å². The first-order valence-corrected chi connectivity index (χ1v) is 7.67. The highest BCUT2D eigenvalue weighted by Crippen LogP contribution is 2.27. The number of hydrogen-bond donors (Lipinski definition) is 0. The van der Waals surface area contributed by atoms with Crippen LogP contribution in [0, 0.1) is 25.3 Å². The number of benzene rings is 1. The number of aromatic nitrogens is 3. The van der Waals surface area contributed by atoms with Crippen LogP contribution < -0.4 is 0 Å². The van der Waals surface area contributed by atoms with Crippen LogP contribution in [0.5, 0.6) is 0 Å². The van der Waals surface area contributed by atoms with Crippen LogP contribution in [0.3, 0.4) is 0 Å². The highest BCUT2D eigenvalue weighted by molar-refractivity contribution is 5.78. The summed E-state index contributed by atoms with van der Waals surface area (Å²) in [6.07, 6.45) is 0.900. The van der Waals surface area contributed by atoms with Crippen molar-refractivity contribution < 1.29 is 0 Å². The van der Waals surface area contributed by atoms with Crippen LogP contribution in [0.15, 0.2) is 30.3 Å². The summed E-state index contributed by atoms with van der Waals surface area (Å²) in [6, 6.07) is 13.2. The molecule has 0 aliphatic rings. The smallest absolute Gasteiger partial charge is 0.165 e.